The monoisotopic (exact) mass is 511 g/mol. The average Bonchev–Trinajstić information content (AvgIpc) is 3.56. The molecule has 3 amide bonds. The second-order valence-electron chi connectivity index (χ2n) is 10.5. The quantitative estimate of drug-likeness (QED) is 0.154. The van der Waals surface area contributed by atoms with E-state index in [2.05, 4.69) is 20.7 Å². The predicted octanol–water partition coefficient (Wildman–Crippen LogP) is 2.03. The summed E-state index contributed by atoms with van der Waals surface area (Å²) >= 11 is 0. The lowest BCUT2D eigenvalue weighted by Crippen LogP contribution is -2.57. The molecule has 0 radical (unpaired) electrons. The number of amides is 3. The summed E-state index contributed by atoms with van der Waals surface area (Å²) in [5, 5.41) is 8.21. The van der Waals surface area contributed by atoms with Crippen molar-refractivity contribution in [2.75, 3.05) is 13.7 Å². The second-order valence-corrected chi connectivity index (χ2v) is 10.5. The zero-order chi connectivity index (χ0) is 27.5. The van der Waals surface area contributed by atoms with Crippen LogP contribution in [0, 0.1) is 11.8 Å². The molecule has 0 spiro atoms. The first kappa shape index (κ1) is 31.5. The zero-order valence-electron chi connectivity index (χ0n) is 22.9. The lowest BCUT2D eigenvalue weighted by molar-refractivity contribution is -0.141. The highest BCUT2D eigenvalue weighted by molar-refractivity contribution is 5.98. The maximum absolute atomic E-state index is 13.3. The van der Waals surface area contributed by atoms with Crippen molar-refractivity contribution in [3.63, 3.8) is 0 Å². The standard InChI is InChI=1S/C26H45N3O7/c1-8-9-10-11-20(30)29-22(17(4)5)25(34)27-18(12-13-21(31)35-7)24(33)28-19(14-16(2)3)23(32)26(6)15-36-26/h16-19,22H,8-15H2,1-7H3,(H,27,34)(H,28,33)(H,29,30)/t18-,19-,22-,26+/m0/s1. The number of Topliss-reactive ketones (excluding diaryl/α,β-unsaturated/α-hetero) is 1. The van der Waals surface area contributed by atoms with E-state index < -0.39 is 41.5 Å². The van der Waals surface area contributed by atoms with Crippen LogP contribution in [0.5, 0.6) is 0 Å². The van der Waals surface area contributed by atoms with Crippen LogP contribution in [0.3, 0.4) is 0 Å². The number of esters is 1. The molecule has 36 heavy (non-hydrogen) atoms. The van der Waals surface area contributed by atoms with Crippen molar-refractivity contribution in [1.29, 1.82) is 0 Å². The zero-order valence-corrected chi connectivity index (χ0v) is 22.9. The molecule has 1 rings (SSSR count). The Bertz CT molecular complexity index is 777. The van der Waals surface area contributed by atoms with Gasteiger partial charge in [0.15, 0.2) is 5.78 Å². The van der Waals surface area contributed by atoms with Crippen LogP contribution in [0.1, 0.15) is 86.5 Å². The molecule has 1 heterocycles. The molecule has 1 aliphatic heterocycles. The highest BCUT2D eigenvalue weighted by atomic mass is 16.6. The minimum Gasteiger partial charge on any atom is -0.469 e. The Labute approximate surface area is 215 Å². The fourth-order valence-electron chi connectivity index (χ4n) is 3.80. The van der Waals surface area contributed by atoms with Gasteiger partial charge in [-0.3, -0.25) is 24.0 Å². The Morgan fingerprint density at radius 2 is 1.53 bits per heavy atom. The number of hydrogen-bond donors (Lipinski definition) is 3. The molecule has 0 aromatic rings. The van der Waals surface area contributed by atoms with Gasteiger partial charge < -0.3 is 25.4 Å². The Morgan fingerprint density at radius 1 is 0.917 bits per heavy atom. The van der Waals surface area contributed by atoms with E-state index in [9.17, 15) is 24.0 Å². The van der Waals surface area contributed by atoms with Crippen LogP contribution in [0.2, 0.25) is 0 Å². The molecule has 0 aromatic heterocycles. The number of carbonyl (C=O) groups excluding carboxylic acids is 5. The third-order valence-electron chi connectivity index (χ3n) is 6.21. The van der Waals surface area contributed by atoms with E-state index in [4.69, 9.17) is 4.74 Å². The predicted molar refractivity (Wildman–Crippen MR) is 135 cm³/mol. The maximum Gasteiger partial charge on any atom is 0.305 e. The van der Waals surface area contributed by atoms with Crippen LogP contribution in [-0.4, -0.2) is 66.9 Å². The fraction of sp³-hybridized carbons (Fsp3) is 0.808. The molecule has 0 unspecified atom stereocenters. The van der Waals surface area contributed by atoms with Crippen LogP contribution in [0.15, 0.2) is 0 Å². The SMILES string of the molecule is CCCCCC(=O)N[C@H](C(=O)N[C@@H](CCC(=O)OC)C(=O)N[C@@H](CC(C)C)C(=O)[C@@]1(C)CO1)C(C)C. The smallest absolute Gasteiger partial charge is 0.305 e. The van der Waals surface area contributed by atoms with E-state index >= 15 is 0 Å². The normalized spacial score (nSPS) is 19.2. The number of ketones is 1. The number of unbranched alkanes of at least 4 members (excludes halogenated alkanes) is 2. The van der Waals surface area contributed by atoms with Gasteiger partial charge in [-0.25, -0.2) is 0 Å². The molecule has 0 aliphatic carbocycles. The molecular weight excluding hydrogens is 466 g/mol. The van der Waals surface area contributed by atoms with Crippen molar-refractivity contribution >= 4 is 29.5 Å². The molecule has 0 saturated carbocycles. The first-order valence-electron chi connectivity index (χ1n) is 13.0. The molecule has 10 nitrogen and oxygen atoms in total. The van der Waals surface area contributed by atoms with E-state index in [1.54, 1.807) is 20.8 Å². The molecule has 0 bridgehead atoms. The highest BCUT2D eigenvalue weighted by Gasteiger charge is 2.50. The average molecular weight is 512 g/mol. The Morgan fingerprint density at radius 3 is 2.03 bits per heavy atom. The summed E-state index contributed by atoms with van der Waals surface area (Å²) in [6.45, 7) is 11.5. The third-order valence-corrected chi connectivity index (χ3v) is 6.21. The van der Waals surface area contributed by atoms with E-state index in [0.29, 0.717) is 19.4 Å². The van der Waals surface area contributed by atoms with Gasteiger partial charge in [-0.05, 0) is 38.0 Å². The van der Waals surface area contributed by atoms with Gasteiger partial charge in [0.2, 0.25) is 17.7 Å². The largest absolute Gasteiger partial charge is 0.469 e. The van der Waals surface area contributed by atoms with Crippen LogP contribution in [0.25, 0.3) is 0 Å². The van der Waals surface area contributed by atoms with E-state index in [0.717, 1.165) is 19.3 Å². The molecule has 3 N–H and O–H groups in total. The van der Waals surface area contributed by atoms with Crippen LogP contribution >= 0.6 is 0 Å². The maximum atomic E-state index is 13.3. The van der Waals surface area contributed by atoms with Crippen molar-refractivity contribution in [2.45, 2.75) is 110 Å². The lowest BCUT2D eigenvalue weighted by Gasteiger charge is -2.27. The molecule has 206 valence electrons. The molecule has 0 aromatic carbocycles. The molecule has 4 atom stereocenters. The van der Waals surface area contributed by atoms with Crippen LogP contribution in [-0.2, 0) is 33.4 Å². The van der Waals surface area contributed by atoms with Gasteiger partial charge in [0, 0.05) is 12.8 Å². The van der Waals surface area contributed by atoms with Gasteiger partial charge in [-0.2, -0.15) is 0 Å². The summed E-state index contributed by atoms with van der Waals surface area (Å²) in [7, 11) is 1.24. The van der Waals surface area contributed by atoms with Crippen LogP contribution < -0.4 is 16.0 Å². The van der Waals surface area contributed by atoms with E-state index in [-0.39, 0.29) is 36.4 Å². The summed E-state index contributed by atoms with van der Waals surface area (Å²) in [4.78, 5) is 63.4. The van der Waals surface area contributed by atoms with E-state index in [1.165, 1.54) is 7.11 Å². The van der Waals surface area contributed by atoms with Crippen molar-refractivity contribution in [3.8, 4) is 0 Å². The number of epoxide rings is 1. The Kier molecular flexibility index (Phi) is 13.1. The van der Waals surface area contributed by atoms with Crippen molar-refractivity contribution in [3.05, 3.63) is 0 Å². The minimum absolute atomic E-state index is 0.0180. The third kappa shape index (κ3) is 10.6. The highest BCUT2D eigenvalue weighted by Crippen LogP contribution is 2.29. The fourth-order valence-corrected chi connectivity index (χ4v) is 3.80. The molecule has 10 heteroatoms. The molecule has 1 saturated heterocycles. The molecule has 1 aliphatic rings. The van der Waals surface area contributed by atoms with Crippen molar-refractivity contribution in [1.82, 2.24) is 16.0 Å². The summed E-state index contributed by atoms with van der Waals surface area (Å²) < 4.78 is 9.96. The van der Waals surface area contributed by atoms with Crippen molar-refractivity contribution in [2.24, 2.45) is 11.8 Å². The number of ether oxygens (including phenoxy) is 2. The van der Waals surface area contributed by atoms with Crippen LogP contribution in [0.4, 0.5) is 0 Å². The van der Waals surface area contributed by atoms with Gasteiger partial charge in [0.05, 0.1) is 19.8 Å². The lowest BCUT2D eigenvalue weighted by atomic mass is 9.93. The number of nitrogens with one attached hydrogen (secondary N) is 3. The summed E-state index contributed by atoms with van der Waals surface area (Å²) in [5.74, 6) is -2.18. The second kappa shape index (κ2) is 14.9. The number of methoxy groups -OCH3 is 1. The Hall–Kier alpha value is -2.49. The van der Waals surface area contributed by atoms with Crippen molar-refractivity contribution < 1.29 is 33.4 Å². The number of carbonyl (C=O) groups is 5. The summed E-state index contributed by atoms with van der Waals surface area (Å²) in [5.41, 5.74) is -0.914. The number of hydrogen-bond acceptors (Lipinski definition) is 7. The minimum atomic E-state index is -1.09. The molecule has 1 fully saturated rings. The first-order chi connectivity index (χ1) is 16.8. The van der Waals surface area contributed by atoms with Gasteiger partial charge in [0.1, 0.15) is 17.7 Å². The van der Waals surface area contributed by atoms with Gasteiger partial charge in [0.25, 0.3) is 0 Å². The topological polar surface area (TPSA) is 143 Å². The Balaban J connectivity index is 2.99. The first-order valence-corrected chi connectivity index (χ1v) is 13.0. The number of rotatable bonds is 17. The summed E-state index contributed by atoms with van der Waals surface area (Å²) in [6.07, 6.45) is 3.23. The summed E-state index contributed by atoms with van der Waals surface area (Å²) in [6, 6.07) is -2.73. The van der Waals surface area contributed by atoms with E-state index in [1.807, 2.05) is 20.8 Å². The van der Waals surface area contributed by atoms with Gasteiger partial charge in [-0.1, -0.05) is 47.5 Å². The van der Waals surface area contributed by atoms with Gasteiger partial charge in [-0.15, -0.1) is 0 Å². The molecular formula is C26H45N3O7. The van der Waals surface area contributed by atoms with Gasteiger partial charge >= 0.3 is 5.97 Å².